The van der Waals surface area contributed by atoms with Crippen molar-refractivity contribution < 1.29 is 0 Å². The van der Waals surface area contributed by atoms with Crippen LogP contribution >= 0.6 is 58.0 Å². The molecule has 0 unspecified atom stereocenters. The molecule has 0 bridgehead atoms. The minimum absolute atomic E-state index is 0.344. The summed E-state index contributed by atoms with van der Waals surface area (Å²) in [6.45, 7) is 17.4. The summed E-state index contributed by atoms with van der Waals surface area (Å²) in [4.78, 5) is 69.0. The van der Waals surface area contributed by atoms with Crippen molar-refractivity contribution in [1.82, 2.24) is 74.8 Å². The first-order valence-corrected chi connectivity index (χ1v) is 44.5. The van der Waals surface area contributed by atoms with Gasteiger partial charge < -0.3 is 28.7 Å². The van der Waals surface area contributed by atoms with Crippen LogP contribution in [0, 0.1) is 0 Å². The predicted molar refractivity (Wildman–Crippen MR) is 556 cm³/mol. The fourth-order valence-corrected chi connectivity index (χ4v) is 16.6. The van der Waals surface area contributed by atoms with E-state index in [9.17, 15) is 0 Å². The lowest BCUT2D eigenvalue weighted by Gasteiger charge is -2.14. The van der Waals surface area contributed by atoms with Crippen LogP contribution in [0.3, 0.4) is 0 Å². The summed E-state index contributed by atoms with van der Waals surface area (Å²) in [7, 11) is 0. The number of benzene rings is 10. The van der Waals surface area contributed by atoms with Gasteiger partial charge in [-0.1, -0.05) is 279 Å². The van der Waals surface area contributed by atoms with Crippen LogP contribution in [0.15, 0.2) is 336 Å². The number of anilines is 5. The predicted octanol–water partition coefficient (Wildman–Crippen LogP) is 27.4. The zero-order valence-electron chi connectivity index (χ0n) is 72.9. The van der Waals surface area contributed by atoms with Crippen LogP contribution in [0.1, 0.15) is 55.7 Å². The number of rotatable bonds is 17. The van der Waals surface area contributed by atoms with Gasteiger partial charge in [-0.3, -0.25) is 24.9 Å². The highest BCUT2D eigenvalue weighted by atomic mass is 35.5. The van der Waals surface area contributed by atoms with Crippen molar-refractivity contribution in [2.75, 3.05) is 28.7 Å². The molecular weight excluding hydrogens is 1770 g/mol. The SMILES string of the molecule is C/C=C/c1nc(-c2cc(Cl)c3ncccc3c2)c(-c2ccccc2)nc1N.C=C(C)c1nc(-c2cc(Cl)c3ncccc3c2)c(-c2ccccc2)nc1N.C=CCc1nc(-c2cc(Cl)c3ncccc3c2)c(-c2ccccc2)nc1N.C=Cc1nc(-c2cc(Cl)c3ncccc3c2)c(-c2ccccc2)nc1N.CCCc1nc(-c2cc(Cl)c3ncccc3c2)c(-c2ccccc2)nc1N. The zero-order chi connectivity index (χ0) is 93.5. The summed E-state index contributed by atoms with van der Waals surface area (Å²) >= 11 is 32.4. The third kappa shape index (κ3) is 20.5. The monoisotopic (exact) mass is 1850 g/mol. The smallest absolute Gasteiger partial charge is 0.150 e. The second-order valence-electron chi connectivity index (χ2n) is 30.8. The van der Waals surface area contributed by atoms with E-state index in [1.807, 2.05) is 293 Å². The zero-order valence-corrected chi connectivity index (χ0v) is 76.7. The van der Waals surface area contributed by atoms with Gasteiger partial charge in [0.1, 0.15) is 46.2 Å². The number of hydrogen-bond donors (Lipinski definition) is 5. The van der Waals surface area contributed by atoms with Gasteiger partial charge in [0.15, 0.2) is 0 Å². The van der Waals surface area contributed by atoms with E-state index in [1.54, 1.807) is 43.1 Å². The van der Waals surface area contributed by atoms with Crippen LogP contribution < -0.4 is 28.7 Å². The summed E-state index contributed by atoms with van der Waals surface area (Å²) in [5, 5.41) is 7.62. The van der Waals surface area contributed by atoms with Crippen LogP contribution in [-0.4, -0.2) is 74.8 Å². The van der Waals surface area contributed by atoms with E-state index in [0.717, 1.165) is 168 Å². The summed E-state index contributed by atoms with van der Waals surface area (Å²) in [5.74, 6) is 1.98. The van der Waals surface area contributed by atoms with E-state index in [1.165, 1.54) is 0 Å². The van der Waals surface area contributed by atoms with Gasteiger partial charge in [0.05, 0.1) is 121 Å². The maximum Gasteiger partial charge on any atom is 0.150 e. The second-order valence-corrected chi connectivity index (χ2v) is 32.8. The molecule has 656 valence electrons. The van der Waals surface area contributed by atoms with Gasteiger partial charge in [-0.25, -0.2) is 49.8 Å². The molecule has 0 saturated carbocycles. The lowest BCUT2D eigenvalue weighted by atomic mass is 10.0. The van der Waals surface area contributed by atoms with Crippen molar-refractivity contribution in [2.45, 2.75) is 40.0 Å². The molecule has 10 heterocycles. The van der Waals surface area contributed by atoms with Crippen molar-refractivity contribution in [1.29, 1.82) is 0 Å². The summed E-state index contributed by atoms with van der Waals surface area (Å²) in [6.07, 6.45) is 18.0. The average Bonchev–Trinajstić information content (AvgIpc) is 0.794. The molecule has 0 radical (unpaired) electrons. The van der Waals surface area contributed by atoms with E-state index >= 15 is 0 Å². The highest BCUT2D eigenvalue weighted by molar-refractivity contribution is 6.37. The van der Waals surface area contributed by atoms with Crippen LogP contribution in [-0.2, 0) is 12.8 Å². The van der Waals surface area contributed by atoms with Gasteiger partial charge in [0.25, 0.3) is 0 Å². The number of allylic oxidation sites excluding steroid dienone is 3. The van der Waals surface area contributed by atoms with Gasteiger partial charge in [-0.15, -0.1) is 6.58 Å². The van der Waals surface area contributed by atoms with E-state index < -0.39 is 0 Å². The molecule has 0 aliphatic heterocycles. The first-order chi connectivity index (χ1) is 65.2. The standard InChI is InChI=1S/C22H17ClN4.C22H19ClN4.2C22H17ClN4.C21H15ClN4/c1-13(2)18-22(24)27-20(14-7-4-3-5-8-14)21(26-18)16-11-15-9-6-10-25-19(15)17(23)12-16;3*1-2-7-18-22(24)27-20(14-8-4-3-5-9-14)21(26-18)16-12-15-10-6-11-25-19(15)17(23)13-16;1-2-17-21(23)26-19(13-7-4-3-5-8-13)20(25-17)15-11-14-9-6-10-24-18(14)16(22)12-15/h3-12H,1H2,2H3,(H2,24,27);3-6,8-13H,2,7H2,1H3,(H2,24,27);2-13H,1H3,(H2,24,27);2-6,8-13H,1,7H2,(H2,24,27);2-12H,1H2,(H2,23,26)/b;;7-2+;;. The third-order valence-electron chi connectivity index (χ3n) is 21.5. The summed E-state index contributed by atoms with van der Waals surface area (Å²) in [5.41, 5.74) is 54.9. The third-order valence-corrected chi connectivity index (χ3v) is 22.9. The molecule has 10 aromatic carbocycles. The second kappa shape index (κ2) is 41.9. The van der Waals surface area contributed by atoms with Crippen molar-refractivity contribution in [3.63, 3.8) is 0 Å². The Labute approximate surface area is 799 Å². The highest BCUT2D eigenvalue weighted by Gasteiger charge is 2.24. The molecule has 20 aromatic rings. The Morgan fingerprint density at radius 1 is 0.299 bits per heavy atom. The van der Waals surface area contributed by atoms with Crippen LogP contribution in [0.2, 0.25) is 25.1 Å². The molecular formula is C109H85Cl5N20. The number of nitrogen functional groups attached to an aromatic ring is 5. The largest absolute Gasteiger partial charge is 0.382 e. The highest BCUT2D eigenvalue weighted by Crippen LogP contribution is 2.43. The average molecular weight is 1850 g/mol. The van der Waals surface area contributed by atoms with Gasteiger partial charge in [0.2, 0.25) is 0 Å². The van der Waals surface area contributed by atoms with E-state index in [0.29, 0.717) is 106 Å². The number of pyridine rings is 5. The summed E-state index contributed by atoms with van der Waals surface area (Å²) in [6, 6.07) is 88.2. The number of fused-ring (bicyclic) bond motifs is 5. The van der Waals surface area contributed by atoms with Crippen LogP contribution in [0.5, 0.6) is 0 Å². The lowest BCUT2D eigenvalue weighted by molar-refractivity contribution is 0.879. The van der Waals surface area contributed by atoms with Crippen LogP contribution in [0.25, 0.3) is 185 Å². The molecule has 0 amide bonds. The molecule has 0 aliphatic rings. The lowest BCUT2D eigenvalue weighted by Crippen LogP contribution is -2.05. The fraction of sp³-hybridized carbons (Fsp3) is 0.0550. The van der Waals surface area contributed by atoms with Crippen molar-refractivity contribution in [3.05, 3.63) is 389 Å². The molecule has 25 heteroatoms. The minimum Gasteiger partial charge on any atom is -0.382 e. The quantitative estimate of drug-likeness (QED) is 0.0529. The Morgan fingerprint density at radius 3 is 0.851 bits per heavy atom. The minimum atomic E-state index is 0.344. The molecule has 20 rings (SSSR count). The maximum absolute atomic E-state index is 6.51. The molecule has 0 saturated heterocycles. The van der Waals surface area contributed by atoms with Crippen molar-refractivity contribution >= 4 is 159 Å². The Morgan fingerprint density at radius 2 is 0.560 bits per heavy atom. The number of aromatic nitrogens is 15. The van der Waals surface area contributed by atoms with Gasteiger partial charge >= 0.3 is 0 Å². The Kier molecular flexibility index (Phi) is 28.6. The first kappa shape index (κ1) is 91.4. The van der Waals surface area contributed by atoms with Gasteiger partial charge in [-0.05, 0) is 129 Å². The number of halogens is 5. The fourth-order valence-electron chi connectivity index (χ4n) is 15.2. The van der Waals surface area contributed by atoms with E-state index in [-0.39, 0.29) is 0 Å². The molecule has 0 spiro atoms. The normalized spacial score (nSPS) is 11.0. The molecule has 0 atom stereocenters. The molecule has 134 heavy (non-hydrogen) atoms. The molecule has 10 N–H and O–H groups in total. The molecule has 10 aromatic heterocycles. The van der Waals surface area contributed by atoms with E-state index in [4.69, 9.17) is 117 Å². The first-order valence-electron chi connectivity index (χ1n) is 42.6. The summed E-state index contributed by atoms with van der Waals surface area (Å²) < 4.78 is 0. The number of hydrogen-bond acceptors (Lipinski definition) is 20. The Balaban J connectivity index is 0.000000122. The van der Waals surface area contributed by atoms with Gasteiger partial charge in [-0.2, -0.15) is 0 Å². The molecule has 20 nitrogen and oxygen atoms in total. The molecule has 0 fully saturated rings. The van der Waals surface area contributed by atoms with Crippen molar-refractivity contribution in [2.24, 2.45) is 0 Å². The van der Waals surface area contributed by atoms with Crippen molar-refractivity contribution in [3.8, 4) is 113 Å². The Hall–Kier alpha value is -15.9. The van der Waals surface area contributed by atoms with Gasteiger partial charge in [0, 0.05) is 120 Å². The van der Waals surface area contributed by atoms with E-state index in [2.05, 4.69) is 77.6 Å². The topological polar surface area (TPSA) is 323 Å². The Bertz CT molecular complexity index is 7840. The maximum atomic E-state index is 6.51. The number of nitrogens with two attached hydrogens (primary N) is 5. The number of nitrogens with zero attached hydrogens (tertiary/aromatic N) is 15. The van der Waals surface area contributed by atoms with Crippen LogP contribution in [0.4, 0.5) is 29.1 Å². The molecule has 0 aliphatic carbocycles. The number of aryl methyl sites for hydroxylation is 1.